The van der Waals surface area contributed by atoms with E-state index in [1.165, 1.54) is 7.05 Å². The molecule has 11 heteroatoms. The van der Waals surface area contributed by atoms with Crippen molar-refractivity contribution in [3.05, 3.63) is 101 Å². The Hall–Kier alpha value is -3.86. The van der Waals surface area contributed by atoms with Crippen molar-refractivity contribution in [3.63, 3.8) is 0 Å². The van der Waals surface area contributed by atoms with Gasteiger partial charge in [0.1, 0.15) is 30.4 Å². The van der Waals surface area contributed by atoms with Crippen LogP contribution in [0, 0.1) is 6.92 Å². The van der Waals surface area contributed by atoms with Gasteiger partial charge >= 0.3 is 16.2 Å². The highest BCUT2D eigenvalue weighted by Gasteiger charge is 2.30. The maximum Gasteiger partial charge on any atom is 0.321 e. The molecule has 0 saturated heterocycles. The van der Waals surface area contributed by atoms with Gasteiger partial charge in [0.05, 0.1) is 12.3 Å². The molecule has 0 radical (unpaired) electrons. The van der Waals surface area contributed by atoms with Crippen LogP contribution in [0.15, 0.2) is 83.3 Å². The van der Waals surface area contributed by atoms with E-state index < -0.39 is 22.7 Å². The van der Waals surface area contributed by atoms with Crippen LogP contribution in [-0.2, 0) is 32.9 Å². The molecule has 0 amide bonds. The standard InChI is InChI=1S/C29H30ClN3O6S/c1-4-37-28(34)19-33(40(35,36)32(3)25-14-12-24(30)13-15-25)18-22-10-16-26(17-11-22)38-20-27-21(2)39-29(31-27)23-8-6-5-7-9-23/h5-17H,4,18-20H2,1-3H3. The molecule has 0 aliphatic carbocycles. The molecule has 1 aromatic heterocycles. The molecule has 0 fully saturated rings. The molecule has 3 aromatic carbocycles. The molecule has 4 rings (SSSR count). The van der Waals surface area contributed by atoms with E-state index in [0.717, 1.165) is 14.2 Å². The third-order valence-corrected chi connectivity index (χ3v) is 8.11. The van der Waals surface area contributed by atoms with Gasteiger partial charge in [-0.25, -0.2) is 4.98 Å². The van der Waals surface area contributed by atoms with Crippen LogP contribution in [0.1, 0.15) is 23.9 Å². The van der Waals surface area contributed by atoms with Crippen molar-refractivity contribution in [2.45, 2.75) is 27.0 Å². The molecule has 0 aliphatic rings. The number of ether oxygens (including phenoxy) is 2. The maximum atomic E-state index is 13.5. The Labute approximate surface area is 239 Å². The van der Waals surface area contributed by atoms with Crippen LogP contribution in [0.5, 0.6) is 5.75 Å². The molecule has 0 aliphatic heterocycles. The van der Waals surface area contributed by atoms with Gasteiger partial charge in [0.15, 0.2) is 0 Å². The zero-order valence-electron chi connectivity index (χ0n) is 22.4. The smallest absolute Gasteiger partial charge is 0.321 e. The Morgan fingerprint density at radius 1 is 1.00 bits per heavy atom. The number of rotatable bonds is 12. The predicted octanol–water partition coefficient (Wildman–Crippen LogP) is 5.63. The van der Waals surface area contributed by atoms with Crippen LogP contribution in [0.25, 0.3) is 11.5 Å². The lowest BCUT2D eigenvalue weighted by Gasteiger charge is -2.28. The summed E-state index contributed by atoms with van der Waals surface area (Å²) >= 11 is 5.95. The van der Waals surface area contributed by atoms with Crippen molar-refractivity contribution >= 4 is 33.5 Å². The zero-order chi connectivity index (χ0) is 28.7. The van der Waals surface area contributed by atoms with Crippen molar-refractivity contribution in [2.24, 2.45) is 0 Å². The number of esters is 1. The average Bonchev–Trinajstić information content (AvgIpc) is 3.33. The average molecular weight is 584 g/mol. The van der Waals surface area contributed by atoms with E-state index in [9.17, 15) is 13.2 Å². The summed E-state index contributed by atoms with van der Waals surface area (Å²) < 4.78 is 45.9. The number of aromatic nitrogens is 1. The van der Waals surface area contributed by atoms with E-state index >= 15 is 0 Å². The third kappa shape index (κ3) is 7.20. The number of nitrogens with zero attached hydrogens (tertiary/aromatic N) is 3. The van der Waals surface area contributed by atoms with E-state index in [1.807, 2.05) is 37.3 Å². The van der Waals surface area contributed by atoms with Crippen molar-refractivity contribution in [1.29, 1.82) is 0 Å². The minimum atomic E-state index is -4.09. The van der Waals surface area contributed by atoms with Gasteiger partial charge in [-0.3, -0.25) is 9.10 Å². The van der Waals surface area contributed by atoms with Gasteiger partial charge in [-0.15, -0.1) is 0 Å². The highest BCUT2D eigenvalue weighted by Crippen LogP contribution is 2.25. The second kappa shape index (κ2) is 13.0. The Bertz CT molecular complexity index is 1520. The van der Waals surface area contributed by atoms with E-state index in [0.29, 0.717) is 39.4 Å². The molecular formula is C29H30ClN3O6S. The number of carbonyl (C=O) groups excluding carboxylic acids is 1. The molecule has 1 heterocycles. The lowest BCUT2D eigenvalue weighted by atomic mass is 10.2. The number of aryl methyl sites for hydroxylation is 1. The summed E-state index contributed by atoms with van der Waals surface area (Å²) in [6.45, 7) is 3.35. The fraction of sp³-hybridized carbons (Fsp3) is 0.241. The molecule has 0 N–H and O–H groups in total. The first kappa shape index (κ1) is 29.1. The molecule has 0 unspecified atom stereocenters. The van der Waals surface area contributed by atoms with Crippen LogP contribution in [0.4, 0.5) is 5.69 Å². The van der Waals surface area contributed by atoms with E-state index in [1.54, 1.807) is 55.5 Å². The number of oxazole rings is 1. The van der Waals surface area contributed by atoms with Gasteiger partial charge in [0.25, 0.3) is 0 Å². The van der Waals surface area contributed by atoms with Crippen LogP contribution in [-0.4, -0.2) is 43.9 Å². The fourth-order valence-corrected chi connectivity index (χ4v) is 5.28. The van der Waals surface area contributed by atoms with Gasteiger partial charge in [-0.1, -0.05) is 41.9 Å². The largest absolute Gasteiger partial charge is 0.487 e. The van der Waals surface area contributed by atoms with Crippen molar-refractivity contribution in [1.82, 2.24) is 9.29 Å². The second-order valence-corrected chi connectivity index (χ2v) is 11.2. The molecule has 0 spiro atoms. The van der Waals surface area contributed by atoms with Gasteiger partial charge in [0.2, 0.25) is 5.89 Å². The highest BCUT2D eigenvalue weighted by molar-refractivity contribution is 7.90. The molecule has 9 nitrogen and oxygen atoms in total. The first-order chi connectivity index (χ1) is 19.2. The lowest BCUT2D eigenvalue weighted by molar-refractivity contribution is -0.143. The summed E-state index contributed by atoms with van der Waals surface area (Å²) in [5.41, 5.74) is 2.62. The maximum absolute atomic E-state index is 13.5. The summed E-state index contributed by atoms with van der Waals surface area (Å²) in [5, 5.41) is 0.482. The first-order valence-corrected chi connectivity index (χ1v) is 14.3. The number of hydrogen-bond donors (Lipinski definition) is 0. The van der Waals surface area contributed by atoms with Gasteiger partial charge in [0, 0.05) is 24.2 Å². The number of carbonyl (C=O) groups is 1. The summed E-state index contributed by atoms with van der Waals surface area (Å²) in [4.78, 5) is 16.8. The Morgan fingerprint density at radius 3 is 2.33 bits per heavy atom. The number of halogens is 1. The molecular weight excluding hydrogens is 554 g/mol. The van der Waals surface area contributed by atoms with E-state index in [-0.39, 0.29) is 19.8 Å². The SMILES string of the molecule is CCOC(=O)CN(Cc1ccc(OCc2nc(-c3ccccc3)oc2C)cc1)S(=O)(=O)N(C)c1ccc(Cl)cc1. The molecule has 210 valence electrons. The minimum Gasteiger partial charge on any atom is -0.487 e. The quantitative estimate of drug-likeness (QED) is 0.199. The normalized spacial score (nSPS) is 11.4. The Morgan fingerprint density at radius 2 is 1.68 bits per heavy atom. The van der Waals surface area contributed by atoms with Crippen molar-refractivity contribution in [2.75, 3.05) is 24.5 Å². The second-order valence-electron chi connectivity index (χ2n) is 8.85. The number of anilines is 1. The molecule has 4 aromatic rings. The summed E-state index contributed by atoms with van der Waals surface area (Å²) in [6.07, 6.45) is 0. The monoisotopic (exact) mass is 583 g/mol. The summed E-state index contributed by atoms with van der Waals surface area (Å²) in [7, 11) is -2.67. The fourth-order valence-electron chi connectivity index (χ4n) is 3.84. The highest BCUT2D eigenvalue weighted by atomic mass is 35.5. The third-order valence-electron chi connectivity index (χ3n) is 6.04. The topological polar surface area (TPSA) is 102 Å². The van der Waals surface area contributed by atoms with E-state index in [4.69, 9.17) is 25.5 Å². The Kier molecular flexibility index (Phi) is 9.46. The molecule has 0 bridgehead atoms. The van der Waals surface area contributed by atoms with Crippen LogP contribution in [0.3, 0.4) is 0 Å². The van der Waals surface area contributed by atoms with Crippen LogP contribution >= 0.6 is 11.6 Å². The lowest BCUT2D eigenvalue weighted by Crippen LogP contribution is -2.44. The van der Waals surface area contributed by atoms with Gasteiger partial charge in [-0.05, 0) is 67.9 Å². The molecule has 40 heavy (non-hydrogen) atoms. The van der Waals surface area contributed by atoms with Crippen LogP contribution < -0.4 is 9.04 Å². The van der Waals surface area contributed by atoms with Crippen molar-refractivity contribution < 1.29 is 27.1 Å². The van der Waals surface area contributed by atoms with Gasteiger partial charge < -0.3 is 13.9 Å². The summed E-state index contributed by atoms with van der Waals surface area (Å²) in [6, 6.07) is 23.0. The molecule has 0 saturated carbocycles. The van der Waals surface area contributed by atoms with Crippen molar-refractivity contribution in [3.8, 4) is 17.2 Å². The number of hydrogen-bond acceptors (Lipinski definition) is 7. The zero-order valence-corrected chi connectivity index (χ0v) is 24.0. The molecule has 0 atom stereocenters. The minimum absolute atomic E-state index is 0.0534. The van der Waals surface area contributed by atoms with E-state index in [2.05, 4.69) is 4.98 Å². The van der Waals surface area contributed by atoms with Crippen LogP contribution in [0.2, 0.25) is 5.02 Å². The first-order valence-electron chi connectivity index (χ1n) is 12.6. The van der Waals surface area contributed by atoms with Gasteiger partial charge in [-0.2, -0.15) is 12.7 Å². The summed E-state index contributed by atoms with van der Waals surface area (Å²) in [5.74, 6) is 1.12. The Balaban J connectivity index is 1.46. The predicted molar refractivity (Wildman–Crippen MR) is 153 cm³/mol. The number of benzene rings is 3.